The van der Waals surface area contributed by atoms with Crippen LogP contribution in [0.1, 0.15) is 28.7 Å². The van der Waals surface area contributed by atoms with Gasteiger partial charge in [0.2, 0.25) is 0 Å². The summed E-state index contributed by atoms with van der Waals surface area (Å²) in [5.74, 6) is -0.0964. The molecular formula is C17H18N6O2. The van der Waals surface area contributed by atoms with Crippen LogP contribution < -0.4 is 10.9 Å². The van der Waals surface area contributed by atoms with E-state index in [2.05, 4.69) is 30.5 Å². The van der Waals surface area contributed by atoms with Crippen molar-refractivity contribution in [2.75, 3.05) is 0 Å². The van der Waals surface area contributed by atoms with Gasteiger partial charge in [-0.25, -0.2) is 4.98 Å². The van der Waals surface area contributed by atoms with Crippen LogP contribution in [-0.2, 0) is 6.42 Å². The fraction of sp³-hybridized carbons (Fsp3) is 0.235. The molecule has 0 unspecified atom stereocenters. The van der Waals surface area contributed by atoms with Crippen molar-refractivity contribution < 1.29 is 4.79 Å². The molecule has 0 aliphatic heterocycles. The minimum atomic E-state index is -0.492. The molecule has 8 nitrogen and oxygen atoms in total. The molecule has 3 N–H and O–H groups in total. The number of aromatic nitrogens is 5. The van der Waals surface area contributed by atoms with Crippen molar-refractivity contribution >= 4 is 5.91 Å². The Morgan fingerprint density at radius 3 is 2.84 bits per heavy atom. The molecule has 0 bridgehead atoms. The average molecular weight is 338 g/mol. The Hall–Kier alpha value is -3.29. The van der Waals surface area contributed by atoms with E-state index in [9.17, 15) is 9.59 Å². The Bertz CT molecular complexity index is 932. The summed E-state index contributed by atoms with van der Waals surface area (Å²) in [5, 5.41) is 9.78. The SMILES string of the molecule is Cc1cc(C[C@H](C)NC(=O)c2cnc(-c3cccnc3)[nH]c2=O)n[nH]1. The minimum Gasteiger partial charge on any atom is -0.349 e. The van der Waals surface area contributed by atoms with Crippen LogP contribution in [0.15, 0.2) is 41.6 Å². The number of carbonyl (C=O) groups is 1. The van der Waals surface area contributed by atoms with Crippen LogP contribution >= 0.6 is 0 Å². The van der Waals surface area contributed by atoms with Crippen LogP contribution in [-0.4, -0.2) is 37.1 Å². The topological polar surface area (TPSA) is 116 Å². The predicted molar refractivity (Wildman–Crippen MR) is 92.0 cm³/mol. The molecule has 0 aliphatic carbocycles. The second-order valence-electron chi connectivity index (χ2n) is 5.84. The van der Waals surface area contributed by atoms with Gasteiger partial charge in [-0.15, -0.1) is 0 Å². The van der Waals surface area contributed by atoms with E-state index in [1.54, 1.807) is 24.5 Å². The summed E-state index contributed by atoms with van der Waals surface area (Å²) in [6.45, 7) is 3.77. The van der Waals surface area contributed by atoms with Crippen molar-refractivity contribution in [2.45, 2.75) is 26.3 Å². The van der Waals surface area contributed by atoms with E-state index in [0.29, 0.717) is 17.8 Å². The van der Waals surface area contributed by atoms with Gasteiger partial charge in [0.1, 0.15) is 11.4 Å². The van der Waals surface area contributed by atoms with E-state index in [1.807, 2.05) is 19.9 Å². The number of hydrogen-bond donors (Lipinski definition) is 3. The van der Waals surface area contributed by atoms with Gasteiger partial charge < -0.3 is 10.3 Å². The summed E-state index contributed by atoms with van der Waals surface area (Å²) >= 11 is 0. The lowest BCUT2D eigenvalue weighted by atomic mass is 10.1. The molecule has 0 saturated heterocycles. The average Bonchev–Trinajstić information content (AvgIpc) is 3.00. The number of aryl methyl sites for hydroxylation is 1. The number of rotatable bonds is 5. The van der Waals surface area contributed by atoms with E-state index in [0.717, 1.165) is 11.4 Å². The van der Waals surface area contributed by atoms with Crippen molar-refractivity contribution in [3.05, 3.63) is 64.1 Å². The molecule has 0 saturated carbocycles. The number of aromatic amines is 2. The third-order valence-electron chi connectivity index (χ3n) is 3.63. The molecule has 128 valence electrons. The minimum absolute atomic E-state index is 0.0299. The lowest BCUT2D eigenvalue weighted by Crippen LogP contribution is -2.37. The summed E-state index contributed by atoms with van der Waals surface area (Å²) in [7, 11) is 0. The number of hydrogen-bond acceptors (Lipinski definition) is 5. The molecule has 3 heterocycles. The number of nitrogens with one attached hydrogen (secondary N) is 3. The zero-order chi connectivity index (χ0) is 17.8. The summed E-state index contributed by atoms with van der Waals surface area (Å²) in [4.78, 5) is 35.3. The highest BCUT2D eigenvalue weighted by molar-refractivity contribution is 5.93. The van der Waals surface area contributed by atoms with Crippen molar-refractivity contribution in [3.63, 3.8) is 0 Å². The van der Waals surface area contributed by atoms with Crippen molar-refractivity contribution in [1.82, 2.24) is 30.5 Å². The zero-order valence-corrected chi connectivity index (χ0v) is 13.9. The van der Waals surface area contributed by atoms with Crippen LogP contribution in [0.3, 0.4) is 0 Å². The summed E-state index contributed by atoms with van der Waals surface area (Å²) in [6.07, 6.45) is 5.06. The lowest BCUT2D eigenvalue weighted by Gasteiger charge is -2.12. The third-order valence-corrected chi connectivity index (χ3v) is 3.63. The van der Waals surface area contributed by atoms with E-state index in [-0.39, 0.29) is 11.6 Å². The molecule has 1 amide bonds. The molecule has 3 rings (SSSR count). The van der Waals surface area contributed by atoms with Gasteiger partial charge >= 0.3 is 0 Å². The first-order chi connectivity index (χ1) is 12.0. The van der Waals surface area contributed by atoms with Crippen molar-refractivity contribution in [3.8, 4) is 11.4 Å². The number of carbonyl (C=O) groups excluding carboxylic acids is 1. The smallest absolute Gasteiger partial charge is 0.264 e. The monoisotopic (exact) mass is 338 g/mol. The number of nitrogens with zero attached hydrogens (tertiary/aromatic N) is 3. The van der Waals surface area contributed by atoms with Gasteiger partial charge in [0.15, 0.2) is 0 Å². The molecular weight excluding hydrogens is 320 g/mol. The quantitative estimate of drug-likeness (QED) is 0.647. The van der Waals surface area contributed by atoms with Gasteiger partial charge in [0, 0.05) is 42.3 Å². The second kappa shape index (κ2) is 7.08. The Morgan fingerprint density at radius 1 is 1.36 bits per heavy atom. The fourth-order valence-corrected chi connectivity index (χ4v) is 2.45. The van der Waals surface area contributed by atoms with Crippen LogP contribution in [0.25, 0.3) is 11.4 Å². The highest BCUT2D eigenvalue weighted by atomic mass is 16.2. The molecule has 3 aromatic heterocycles. The number of H-pyrrole nitrogens is 2. The van der Waals surface area contributed by atoms with Crippen molar-refractivity contribution in [2.24, 2.45) is 0 Å². The van der Waals surface area contributed by atoms with Crippen LogP contribution in [0, 0.1) is 6.92 Å². The first kappa shape index (κ1) is 16.6. The van der Waals surface area contributed by atoms with Crippen LogP contribution in [0.5, 0.6) is 0 Å². The molecule has 0 radical (unpaired) electrons. The molecule has 25 heavy (non-hydrogen) atoms. The molecule has 0 aromatic carbocycles. The molecule has 0 fully saturated rings. The molecule has 1 atom stereocenters. The molecule has 0 aliphatic rings. The summed E-state index contributed by atoms with van der Waals surface area (Å²) in [5.41, 5.74) is 1.96. The van der Waals surface area contributed by atoms with Crippen molar-refractivity contribution in [1.29, 1.82) is 0 Å². The van der Waals surface area contributed by atoms with E-state index in [4.69, 9.17) is 0 Å². The first-order valence-electron chi connectivity index (χ1n) is 7.84. The largest absolute Gasteiger partial charge is 0.349 e. The number of pyridine rings is 1. The van der Waals surface area contributed by atoms with E-state index >= 15 is 0 Å². The molecule has 0 spiro atoms. The fourth-order valence-electron chi connectivity index (χ4n) is 2.45. The third kappa shape index (κ3) is 3.97. The molecule has 8 heteroatoms. The molecule has 3 aromatic rings. The van der Waals surface area contributed by atoms with Gasteiger partial charge in [-0.1, -0.05) is 0 Å². The maximum absolute atomic E-state index is 12.3. The van der Waals surface area contributed by atoms with Gasteiger partial charge in [-0.2, -0.15) is 5.10 Å². The normalized spacial score (nSPS) is 11.9. The predicted octanol–water partition coefficient (Wildman–Crippen LogP) is 1.22. The van der Waals surface area contributed by atoms with Crippen LogP contribution in [0.2, 0.25) is 0 Å². The lowest BCUT2D eigenvalue weighted by molar-refractivity contribution is 0.0938. The highest BCUT2D eigenvalue weighted by Crippen LogP contribution is 2.10. The number of amides is 1. The van der Waals surface area contributed by atoms with Gasteiger partial charge in [0.05, 0.1) is 5.69 Å². The highest BCUT2D eigenvalue weighted by Gasteiger charge is 2.16. The Morgan fingerprint density at radius 2 is 2.20 bits per heavy atom. The summed E-state index contributed by atoms with van der Waals surface area (Å²) in [6, 6.07) is 5.26. The zero-order valence-electron chi connectivity index (χ0n) is 13.9. The van der Waals surface area contributed by atoms with Crippen LogP contribution in [0.4, 0.5) is 0 Å². The van der Waals surface area contributed by atoms with Gasteiger partial charge in [-0.05, 0) is 32.0 Å². The Kier molecular flexibility index (Phi) is 4.69. The first-order valence-corrected chi connectivity index (χ1v) is 7.84. The van der Waals surface area contributed by atoms with E-state index < -0.39 is 11.5 Å². The maximum Gasteiger partial charge on any atom is 0.264 e. The van der Waals surface area contributed by atoms with Gasteiger partial charge in [0.25, 0.3) is 11.5 Å². The second-order valence-corrected chi connectivity index (χ2v) is 5.84. The summed E-state index contributed by atoms with van der Waals surface area (Å²) < 4.78 is 0. The Balaban J connectivity index is 1.71. The Labute approximate surface area is 143 Å². The van der Waals surface area contributed by atoms with E-state index in [1.165, 1.54) is 6.20 Å². The standard InChI is InChI=1S/C17H18N6O2/c1-10(6-13-7-11(2)22-23-13)20-16(24)14-9-19-15(21-17(14)25)12-4-3-5-18-8-12/h3-5,7-10H,6H2,1-2H3,(H,20,24)(H,22,23)(H,19,21,25)/t10-/m0/s1. The van der Waals surface area contributed by atoms with Gasteiger partial charge in [-0.3, -0.25) is 19.7 Å². The maximum atomic E-state index is 12.3.